The molecule has 2 aromatic rings. The molecule has 0 saturated carbocycles. The van der Waals surface area contributed by atoms with Crippen molar-refractivity contribution in [3.8, 4) is 0 Å². The summed E-state index contributed by atoms with van der Waals surface area (Å²) in [7, 11) is -3.47. The van der Waals surface area contributed by atoms with Gasteiger partial charge in [-0.3, -0.25) is 4.79 Å². The molecule has 1 aliphatic heterocycles. The van der Waals surface area contributed by atoms with Crippen LogP contribution in [0.5, 0.6) is 0 Å². The van der Waals surface area contributed by atoms with Gasteiger partial charge in [0.1, 0.15) is 0 Å². The van der Waals surface area contributed by atoms with Crippen LogP contribution in [0.25, 0.3) is 0 Å². The maximum Gasteiger partial charge on any atom is 0.243 e. The second-order valence-electron chi connectivity index (χ2n) is 7.31. The minimum absolute atomic E-state index is 0.0555. The van der Waals surface area contributed by atoms with E-state index in [0.717, 1.165) is 35.2 Å². The number of aryl methyl sites for hydroxylation is 3. The van der Waals surface area contributed by atoms with E-state index < -0.39 is 10.0 Å². The van der Waals surface area contributed by atoms with Gasteiger partial charge in [0.15, 0.2) is 0 Å². The second-order valence-corrected chi connectivity index (χ2v) is 9.25. The Bertz CT molecular complexity index is 957. The summed E-state index contributed by atoms with van der Waals surface area (Å²) in [4.78, 5) is 12.6. The average molecular weight is 402 g/mol. The predicted octanol–water partition coefficient (Wildman–Crippen LogP) is 3.45. The van der Waals surface area contributed by atoms with Crippen LogP contribution >= 0.6 is 0 Å². The van der Waals surface area contributed by atoms with Crippen molar-refractivity contribution in [2.75, 3.05) is 30.3 Å². The lowest BCUT2D eigenvalue weighted by molar-refractivity contribution is -0.114. The van der Waals surface area contributed by atoms with Crippen LogP contribution < -0.4 is 10.6 Å². The molecule has 0 radical (unpaired) electrons. The largest absolute Gasteiger partial charge is 0.376 e. The van der Waals surface area contributed by atoms with Crippen LogP contribution in [-0.2, 0) is 14.8 Å². The molecule has 0 spiro atoms. The highest BCUT2D eigenvalue weighted by atomic mass is 32.2. The van der Waals surface area contributed by atoms with Gasteiger partial charge in [0.25, 0.3) is 0 Å². The third-order valence-electron chi connectivity index (χ3n) is 4.93. The van der Waals surface area contributed by atoms with E-state index in [9.17, 15) is 13.2 Å². The summed E-state index contributed by atoms with van der Waals surface area (Å²) in [5, 5.41) is 5.96. The van der Waals surface area contributed by atoms with Crippen LogP contribution in [0, 0.1) is 20.8 Å². The molecule has 150 valence electrons. The molecule has 0 atom stereocenters. The lowest BCUT2D eigenvalue weighted by Gasteiger charge is -2.16. The van der Waals surface area contributed by atoms with Crippen LogP contribution in [0.2, 0.25) is 0 Å². The highest BCUT2D eigenvalue weighted by Crippen LogP contribution is 2.24. The Morgan fingerprint density at radius 2 is 1.68 bits per heavy atom. The molecule has 7 heteroatoms. The molecule has 2 N–H and O–H groups in total. The number of benzene rings is 2. The van der Waals surface area contributed by atoms with E-state index in [1.165, 1.54) is 4.31 Å². The zero-order valence-corrected chi connectivity index (χ0v) is 17.4. The van der Waals surface area contributed by atoms with Gasteiger partial charge in [0.05, 0.1) is 11.4 Å². The van der Waals surface area contributed by atoms with Gasteiger partial charge in [-0.2, -0.15) is 4.31 Å². The van der Waals surface area contributed by atoms with E-state index in [4.69, 9.17) is 0 Å². The first-order valence-electron chi connectivity index (χ1n) is 9.49. The number of carbonyl (C=O) groups is 1. The highest BCUT2D eigenvalue weighted by molar-refractivity contribution is 7.89. The Balaban J connectivity index is 1.66. The highest BCUT2D eigenvalue weighted by Gasteiger charge is 2.27. The first kappa shape index (κ1) is 20.4. The molecule has 1 aliphatic rings. The Morgan fingerprint density at radius 3 is 2.32 bits per heavy atom. The molecular formula is C21H27N3O3S. The van der Waals surface area contributed by atoms with E-state index in [2.05, 4.69) is 10.6 Å². The summed E-state index contributed by atoms with van der Waals surface area (Å²) in [6, 6.07) is 10.7. The summed E-state index contributed by atoms with van der Waals surface area (Å²) in [5.41, 5.74) is 4.62. The van der Waals surface area contributed by atoms with Crippen molar-refractivity contribution >= 4 is 27.3 Å². The standard InChI is InChI=1S/C21H27N3O3S/c1-15-11-16(2)21(17(3)12-15)23-20(25)14-22-18-7-6-8-19(13-18)28(26,27)24-9-4-5-10-24/h6-8,11-13,22H,4-5,9-10,14H2,1-3H3,(H,23,25). The van der Waals surface area contributed by atoms with Gasteiger partial charge >= 0.3 is 0 Å². The molecule has 2 aromatic carbocycles. The monoisotopic (exact) mass is 401 g/mol. The molecule has 1 heterocycles. The summed E-state index contributed by atoms with van der Waals surface area (Å²) >= 11 is 0. The number of nitrogens with zero attached hydrogens (tertiary/aromatic N) is 1. The van der Waals surface area contributed by atoms with Gasteiger partial charge < -0.3 is 10.6 Å². The molecule has 0 aromatic heterocycles. The molecule has 0 bridgehead atoms. The first-order valence-corrected chi connectivity index (χ1v) is 10.9. The molecule has 3 rings (SSSR count). The number of nitrogens with one attached hydrogen (secondary N) is 2. The molecule has 6 nitrogen and oxygen atoms in total. The van der Waals surface area contributed by atoms with Crippen molar-refractivity contribution in [3.63, 3.8) is 0 Å². The fourth-order valence-electron chi connectivity index (χ4n) is 3.59. The first-order chi connectivity index (χ1) is 13.3. The van der Waals surface area contributed by atoms with E-state index in [1.807, 2.05) is 32.9 Å². The zero-order valence-electron chi connectivity index (χ0n) is 16.6. The number of sulfonamides is 1. The molecule has 1 amide bonds. The molecule has 0 unspecified atom stereocenters. The molecule has 1 fully saturated rings. The fourth-order valence-corrected chi connectivity index (χ4v) is 5.15. The lowest BCUT2D eigenvalue weighted by atomic mass is 10.1. The minimum Gasteiger partial charge on any atom is -0.376 e. The molecule has 28 heavy (non-hydrogen) atoms. The SMILES string of the molecule is Cc1cc(C)c(NC(=O)CNc2cccc(S(=O)(=O)N3CCCC3)c2)c(C)c1. The third-order valence-corrected chi connectivity index (χ3v) is 6.83. The summed E-state index contributed by atoms with van der Waals surface area (Å²) < 4.78 is 26.9. The Kier molecular flexibility index (Phi) is 6.05. The fraction of sp³-hybridized carbons (Fsp3) is 0.381. The molecular weight excluding hydrogens is 374 g/mol. The van der Waals surface area contributed by atoms with E-state index in [1.54, 1.807) is 24.3 Å². The van der Waals surface area contributed by atoms with Crippen molar-refractivity contribution < 1.29 is 13.2 Å². The maximum absolute atomic E-state index is 12.7. The number of hydrogen-bond acceptors (Lipinski definition) is 4. The van der Waals surface area contributed by atoms with Crippen LogP contribution in [-0.4, -0.2) is 38.3 Å². The second kappa shape index (κ2) is 8.32. The molecule has 1 saturated heterocycles. The number of rotatable bonds is 6. The number of carbonyl (C=O) groups excluding carboxylic acids is 1. The van der Waals surface area contributed by atoms with Crippen LogP contribution in [0.15, 0.2) is 41.3 Å². The van der Waals surface area contributed by atoms with Crippen molar-refractivity contribution in [1.29, 1.82) is 0 Å². The van der Waals surface area contributed by atoms with Crippen molar-refractivity contribution in [2.45, 2.75) is 38.5 Å². The van der Waals surface area contributed by atoms with E-state index >= 15 is 0 Å². The average Bonchev–Trinajstić information content (AvgIpc) is 3.19. The quantitative estimate of drug-likeness (QED) is 0.777. The van der Waals surface area contributed by atoms with Gasteiger partial charge in [-0.25, -0.2) is 8.42 Å². The summed E-state index contributed by atoms with van der Waals surface area (Å²) in [6.45, 7) is 7.15. The number of amides is 1. The Labute approximate surface area is 167 Å². The van der Waals surface area contributed by atoms with Gasteiger partial charge in [-0.1, -0.05) is 23.8 Å². The van der Waals surface area contributed by atoms with Crippen LogP contribution in [0.3, 0.4) is 0 Å². The number of hydrogen-bond donors (Lipinski definition) is 2. The third kappa shape index (κ3) is 4.54. The minimum atomic E-state index is -3.47. The van der Waals surface area contributed by atoms with Crippen molar-refractivity contribution in [2.24, 2.45) is 0 Å². The van der Waals surface area contributed by atoms with Gasteiger partial charge in [-0.05, 0) is 62.9 Å². The van der Waals surface area contributed by atoms with Crippen LogP contribution in [0.4, 0.5) is 11.4 Å². The topological polar surface area (TPSA) is 78.5 Å². The van der Waals surface area contributed by atoms with Crippen molar-refractivity contribution in [1.82, 2.24) is 4.31 Å². The Morgan fingerprint density at radius 1 is 1.04 bits per heavy atom. The van der Waals surface area contributed by atoms with E-state index in [0.29, 0.717) is 18.8 Å². The smallest absolute Gasteiger partial charge is 0.243 e. The zero-order chi connectivity index (χ0) is 20.3. The predicted molar refractivity (Wildman–Crippen MR) is 112 cm³/mol. The lowest BCUT2D eigenvalue weighted by Crippen LogP contribution is -2.28. The Hall–Kier alpha value is -2.38. The molecule has 0 aliphatic carbocycles. The van der Waals surface area contributed by atoms with E-state index in [-0.39, 0.29) is 17.3 Å². The maximum atomic E-state index is 12.7. The van der Waals surface area contributed by atoms with Gasteiger partial charge in [0.2, 0.25) is 15.9 Å². The van der Waals surface area contributed by atoms with Gasteiger partial charge in [-0.15, -0.1) is 0 Å². The summed E-state index contributed by atoms with van der Waals surface area (Å²) in [5.74, 6) is -0.178. The van der Waals surface area contributed by atoms with Gasteiger partial charge in [0, 0.05) is 24.5 Å². The summed E-state index contributed by atoms with van der Waals surface area (Å²) in [6.07, 6.45) is 1.80. The normalized spacial score (nSPS) is 14.8. The number of anilines is 2. The van der Waals surface area contributed by atoms with Crippen molar-refractivity contribution in [3.05, 3.63) is 53.1 Å². The van der Waals surface area contributed by atoms with Crippen LogP contribution in [0.1, 0.15) is 29.5 Å².